The van der Waals surface area contributed by atoms with Crippen LogP contribution >= 0.6 is 0 Å². The summed E-state index contributed by atoms with van der Waals surface area (Å²) in [5, 5.41) is 2.17. The second-order valence-electron chi connectivity index (χ2n) is 10.0. The fourth-order valence-corrected chi connectivity index (χ4v) is 6.11. The van der Waals surface area contributed by atoms with Gasteiger partial charge < -0.3 is 25.3 Å². The van der Waals surface area contributed by atoms with Crippen LogP contribution in [0.2, 0.25) is 0 Å². The third kappa shape index (κ3) is 5.13. The first-order valence-electron chi connectivity index (χ1n) is 13.4. The molecule has 7 rings (SSSR count). The van der Waals surface area contributed by atoms with Gasteiger partial charge in [-0.1, -0.05) is 115 Å². The number of aromatic nitrogens is 2. The maximum absolute atomic E-state index is 5.74. The van der Waals surface area contributed by atoms with Crippen LogP contribution in [-0.2, 0) is 46.3 Å². The predicted molar refractivity (Wildman–Crippen MR) is 170 cm³/mol. The molecule has 0 saturated heterocycles. The number of hydrogen-bond acceptors (Lipinski definition) is 4. The third-order valence-corrected chi connectivity index (χ3v) is 8.29. The number of allylic oxidation sites excluding steroid dienone is 4. The van der Waals surface area contributed by atoms with E-state index in [1.54, 1.807) is 0 Å². The number of nitrogens with zero attached hydrogens (tertiary/aromatic N) is 2. The fraction of sp³-hybridized carbons (Fsp3) is 0.0556. The van der Waals surface area contributed by atoms with Crippen molar-refractivity contribution in [2.45, 2.75) is 22.1 Å². The van der Waals surface area contributed by atoms with Crippen molar-refractivity contribution in [2.24, 2.45) is 0 Å². The van der Waals surface area contributed by atoms with Gasteiger partial charge in [-0.15, -0.1) is 0 Å². The maximum atomic E-state index is 5.74. The van der Waals surface area contributed by atoms with Crippen LogP contribution in [0.25, 0.3) is 55.4 Å². The minimum Gasteiger partial charge on any atom is -0.779 e. The van der Waals surface area contributed by atoms with Gasteiger partial charge in [0.2, 0.25) is 0 Å². The Bertz CT molecular complexity index is 1960. The third-order valence-electron chi connectivity index (χ3n) is 7.58. The molecule has 1 unspecified atom stereocenters. The van der Waals surface area contributed by atoms with E-state index in [1.807, 2.05) is 48.5 Å². The largest absolute Gasteiger partial charge is 2.00 e. The zero-order chi connectivity index (χ0) is 27.1. The van der Waals surface area contributed by atoms with Crippen LogP contribution in [0.4, 0.5) is 0 Å². The summed E-state index contributed by atoms with van der Waals surface area (Å²) in [6.07, 6.45) is 9.68. The van der Waals surface area contributed by atoms with Crippen LogP contribution in [-0.4, -0.2) is 9.97 Å². The standard InChI is InChI=1S/C36H26N2S2.Pt/c39-33-17-9-7-15-27(33)31-21-29(23-11-3-1-4-12-23)25-19-20-26-30(24-13-5-2-6-14-24)22-32(38-36(26)35(25)37-31)28-16-8-10-18-34(28)40;/h1-13,15-22,24,39-40H,14H2;/q;+2/p-2. The molecule has 5 heteroatoms. The van der Waals surface area contributed by atoms with Gasteiger partial charge in [-0.3, -0.25) is 0 Å². The second kappa shape index (κ2) is 11.7. The molecule has 0 amide bonds. The van der Waals surface area contributed by atoms with E-state index in [0.717, 1.165) is 71.7 Å². The number of rotatable bonds is 4. The fourth-order valence-electron chi connectivity index (χ4n) is 5.61. The smallest absolute Gasteiger partial charge is 0.779 e. The van der Waals surface area contributed by atoms with Crippen molar-refractivity contribution in [3.8, 4) is 33.6 Å². The van der Waals surface area contributed by atoms with Crippen molar-refractivity contribution < 1.29 is 21.1 Å². The Morgan fingerprint density at radius 2 is 1.17 bits per heavy atom. The normalized spacial score (nSPS) is 14.3. The first-order valence-corrected chi connectivity index (χ1v) is 14.2. The molecule has 0 N–H and O–H groups in total. The van der Waals surface area contributed by atoms with Crippen LogP contribution < -0.4 is 0 Å². The maximum Gasteiger partial charge on any atom is 2.00 e. The van der Waals surface area contributed by atoms with E-state index in [1.165, 1.54) is 5.56 Å². The summed E-state index contributed by atoms with van der Waals surface area (Å²) in [7, 11) is 0. The van der Waals surface area contributed by atoms with Crippen LogP contribution in [0.1, 0.15) is 17.9 Å². The van der Waals surface area contributed by atoms with Gasteiger partial charge in [0.25, 0.3) is 0 Å². The number of fused-ring (bicyclic) bond motifs is 3. The van der Waals surface area contributed by atoms with Crippen LogP contribution in [0, 0.1) is 0 Å². The zero-order valence-corrected chi connectivity index (χ0v) is 25.8. The van der Waals surface area contributed by atoms with Crippen LogP contribution in [0.15, 0.2) is 137 Å². The molecule has 0 aliphatic heterocycles. The van der Waals surface area contributed by atoms with Gasteiger partial charge >= 0.3 is 21.1 Å². The summed E-state index contributed by atoms with van der Waals surface area (Å²) >= 11 is 11.5. The molecular formula is C36H24N2PtS2. The predicted octanol–water partition coefficient (Wildman–Crippen LogP) is 9.19. The molecule has 1 aliphatic carbocycles. The SMILES string of the molecule is [Pt+2].[S-]c1ccccc1-c1cc(-c2ccccc2)c2ccc3c(C4C=CC=CC4)cc(-c4ccccc4[S-])nc3c2n1. The first kappa shape index (κ1) is 27.5. The molecule has 1 aliphatic rings. The molecule has 2 aromatic heterocycles. The molecule has 41 heavy (non-hydrogen) atoms. The summed E-state index contributed by atoms with van der Waals surface area (Å²) < 4.78 is 0. The summed E-state index contributed by atoms with van der Waals surface area (Å²) in [5.41, 5.74) is 8.86. The summed E-state index contributed by atoms with van der Waals surface area (Å²) in [5.74, 6) is 0.245. The van der Waals surface area contributed by atoms with Crippen molar-refractivity contribution >= 4 is 47.1 Å². The Labute approximate surface area is 265 Å². The van der Waals surface area contributed by atoms with Gasteiger partial charge in [0, 0.05) is 16.7 Å². The van der Waals surface area contributed by atoms with E-state index in [4.69, 9.17) is 35.2 Å². The van der Waals surface area contributed by atoms with E-state index in [2.05, 4.69) is 78.9 Å². The van der Waals surface area contributed by atoms with Crippen LogP contribution in [0.3, 0.4) is 0 Å². The Morgan fingerprint density at radius 3 is 1.80 bits per heavy atom. The molecule has 0 fully saturated rings. The van der Waals surface area contributed by atoms with Crippen molar-refractivity contribution in [1.82, 2.24) is 9.97 Å². The van der Waals surface area contributed by atoms with Crippen molar-refractivity contribution in [3.05, 3.63) is 133 Å². The number of hydrogen-bond donors (Lipinski definition) is 0. The van der Waals surface area contributed by atoms with E-state index in [9.17, 15) is 0 Å². The zero-order valence-electron chi connectivity index (χ0n) is 21.9. The van der Waals surface area contributed by atoms with Gasteiger partial charge in [-0.25, -0.2) is 9.97 Å². The summed E-state index contributed by atoms with van der Waals surface area (Å²) in [4.78, 5) is 12.1. The average molecular weight is 744 g/mol. The van der Waals surface area contributed by atoms with Gasteiger partial charge in [-0.05, 0) is 46.4 Å². The Hall–Kier alpha value is -3.69. The molecule has 2 heterocycles. The monoisotopic (exact) mass is 743 g/mol. The molecule has 4 aromatic carbocycles. The van der Waals surface area contributed by atoms with Gasteiger partial charge in [-0.2, -0.15) is 9.79 Å². The molecule has 0 radical (unpaired) electrons. The molecule has 200 valence electrons. The second-order valence-corrected chi connectivity index (χ2v) is 10.9. The van der Waals surface area contributed by atoms with Gasteiger partial charge in [0.15, 0.2) is 0 Å². The molecule has 6 aromatic rings. The molecule has 2 nitrogen and oxygen atoms in total. The van der Waals surface area contributed by atoms with E-state index in [-0.39, 0.29) is 27.0 Å². The first-order chi connectivity index (χ1) is 19.7. The van der Waals surface area contributed by atoms with E-state index >= 15 is 0 Å². The molecular weight excluding hydrogens is 720 g/mol. The minimum absolute atomic E-state index is 0. The van der Waals surface area contributed by atoms with Gasteiger partial charge in [0.05, 0.1) is 22.4 Å². The molecule has 0 spiro atoms. The number of benzene rings is 4. The molecule has 0 bridgehead atoms. The molecule has 1 atom stereocenters. The quantitative estimate of drug-likeness (QED) is 0.133. The van der Waals surface area contributed by atoms with Gasteiger partial charge in [0.1, 0.15) is 0 Å². The van der Waals surface area contributed by atoms with Crippen molar-refractivity contribution in [2.75, 3.05) is 0 Å². The average Bonchev–Trinajstić information content (AvgIpc) is 3.01. The Morgan fingerprint density at radius 1 is 0.585 bits per heavy atom. The molecule has 0 saturated carbocycles. The topological polar surface area (TPSA) is 25.8 Å². The van der Waals surface area contributed by atoms with E-state index in [0.29, 0.717) is 0 Å². The summed E-state index contributed by atoms with van der Waals surface area (Å²) in [6.45, 7) is 0. The Balaban J connectivity index is 0.00000302. The minimum atomic E-state index is 0. The van der Waals surface area contributed by atoms with E-state index < -0.39 is 0 Å². The summed E-state index contributed by atoms with van der Waals surface area (Å²) in [6, 6.07) is 35.3. The number of pyridine rings is 2. The van der Waals surface area contributed by atoms with Crippen molar-refractivity contribution in [3.63, 3.8) is 0 Å². The Kier molecular flexibility index (Phi) is 7.81. The van der Waals surface area contributed by atoms with Crippen molar-refractivity contribution in [1.29, 1.82) is 0 Å². The van der Waals surface area contributed by atoms with Crippen LogP contribution in [0.5, 0.6) is 0 Å².